The number of ether oxygens (including phenoxy) is 1. The maximum absolute atomic E-state index is 13.4. The van der Waals surface area contributed by atoms with Crippen LogP contribution in [0, 0.1) is 0 Å². The van der Waals surface area contributed by atoms with Gasteiger partial charge in [0.15, 0.2) is 5.78 Å². The van der Waals surface area contributed by atoms with Crippen LogP contribution in [0.3, 0.4) is 0 Å². The quantitative estimate of drug-likeness (QED) is 0.210. The standard InChI is InChI=1S/C24H23BrO3P.ClH/c1-3-28-23(27)24(25,19(2)26)29(20-13-7-4-8-14-20,21-15-9-5-10-16-21)22-17-11-6-12-18-22;/h4-18H,3H2,1-2H3;1H/q+1;/p-1. The van der Waals surface area contributed by atoms with Gasteiger partial charge in [0.2, 0.25) is 0 Å². The summed E-state index contributed by atoms with van der Waals surface area (Å²) in [5.74, 6) is -0.835. The van der Waals surface area contributed by atoms with E-state index < -0.39 is 17.3 Å². The van der Waals surface area contributed by atoms with E-state index in [9.17, 15) is 9.59 Å². The van der Waals surface area contributed by atoms with Gasteiger partial charge < -0.3 is 17.1 Å². The number of ketones is 1. The van der Waals surface area contributed by atoms with Gasteiger partial charge in [-0.1, -0.05) is 54.6 Å². The summed E-state index contributed by atoms with van der Waals surface area (Å²) in [5, 5.41) is 2.78. The van der Waals surface area contributed by atoms with Crippen LogP contribution in [0.4, 0.5) is 0 Å². The molecule has 30 heavy (non-hydrogen) atoms. The van der Waals surface area contributed by atoms with E-state index in [0.29, 0.717) is 0 Å². The van der Waals surface area contributed by atoms with Gasteiger partial charge in [0.05, 0.1) is 6.61 Å². The van der Waals surface area contributed by atoms with Crippen molar-refractivity contribution < 1.29 is 26.7 Å². The van der Waals surface area contributed by atoms with Gasteiger partial charge in [-0.15, -0.1) is 0 Å². The number of carbonyl (C=O) groups excluding carboxylic acids is 2. The number of rotatable bonds is 7. The Balaban J connectivity index is 0.00000320. The monoisotopic (exact) mass is 504 g/mol. The van der Waals surface area contributed by atoms with Crippen molar-refractivity contribution >= 4 is 50.9 Å². The molecule has 0 aliphatic heterocycles. The van der Waals surface area contributed by atoms with Gasteiger partial charge in [0.1, 0.15) is 23.2 Å². The Labute approximate surface area is 192 Å². The maximum atomic E-state index is 13.4. The normalized spacial score (nSPS) is 12.9. The smallest absolute Gasteiger partial charge is 0.370 e. The number of Topliss-reactive ketones (excluding diaryl/α,β-unsaturated/α-hetero) is 1. The number of hydrogen-bond acceptors (Lipinski definition) is 3. The van der Waals surface area contributed by atoms with Gasteiger partial charge in [0.25, 0.3) is 4.07 Å². The fourth-order valence-electron chi connectivity index (χ4n) is 3.68. The van der Waals surface area contributed by atoms with Crippen LogP contribution in [0.2, 0.25) is 0 Å². The third-order valence-corrected chi connectivity index (χ3v) is 12.0. The molecule has 0 aromatic heterocycles. The molecule has 0 bridgehead atoms. The van der Waals surface area contributed by atoms with Crippen LogP contribution in [-0.2, 0) is 14.3 Å². The van der Waals surface area contributed by atoms with Crippen molar-refractivity contribution in [2.24, 2.45) is 0 Å². The molecule has 0 spiro atoms. The van der Waals surface area contributed by atoms with E-state index in [-0.39, 0.29) is 24.8 Å². The number of alkyl halides is 1. The summed E-state index contributed by atoms with van der Waals surface area (Å²) in [6.45, 7) is 3.40. The van der Waals surface area contributed by atoms with Crippen LogP contribution in [0.25, 0.3) is 0 Å². The molecule has 0 aliphatic rings. The van der Waals surface area contributed by atoms with Crippen LogP contribution in [0.1, 0.15) is 13.8 Å². The van der Waals surface area contributed by atoms with Crippen LogP contribution >= 0.6 is 23.2 Å². The fourth-order valence-corrected chi connectivity index (χ4v) is 10.3. The molecule has 156 valence electrons. The summed E-state index contributed by atoms with van der Waals surface area (Å²) in [5.41, 5.74) is 0. The van der Waals surface area contributed by atoms with Crippen LogP contribution in [0.5, 0.6) is 0 Å². The summed E-state index contributed by atoms with van der Waals surface area (Å²) in [6, 6.07) is 29.4. The lowest BCUT2D eigenvalue weighted by Crippen LogP contribution is -3.00. The minimum absolute atomic E-state index is 0. The Hall–Kier alpha value is -2.00. The molecule has 0 saturated carbocycles. The Morgan fingerprint density at radius 3 is 1.40 bits per heavy atom. The SMILES string of the molecule is CCOC(=O)C(Br)(C(C)=O)[P+](c1ccccc1)(c1ccccc1)c1ccccc1.[Cl-]. The molecule has 3 aromatic rings. The van der Waals surface area contributed by atoms with Crippen LogP contribution in [-0.4, -0.2) is 22.4 Å². The second-order valence-electron chi connectivity index (χ2n) is 6.58. The van der Waals surface area contributed by atoms with Gasteiger partial charge in [0, 0.05) is 6.92 Å². The molecule has 0 aliphatic carbocycles. The molecule has 0 saturated heterocycles. The number of benzene rings is 3. The second-order valence-corrected chi connectivity index (χ2v) is 11.9. The maximum Gasteiger partial charge on any atom is 0.370 e. The van der Waals surface area contributed by atoms with Crippen molar-refractivity contribution in [1.82, 2.24) is 0 Å². The number of esters is 1. The first-order chi connectivity index (χ1) is 14.0. The highest BCUT2D eigenvalue weighted by atomic mass is 79.9. The van der Waals surface area contributed by atoms with Gasteiger partial charge >= 0.3 is 5.97 Å². The summed E-state index contributed by atoms with van der Waals surface area (Å²) in [7, 11) is -2.82. The van der Waals surface area contributed by atoms with E-state index in [4.69, 9.17) is 4.74 Å². The topological polar surface area (TPSA) is 43.4 Å². The van der Waals surface area contributed by atoms with E-state index in [1.54, 1.807) is 6.92 Å². The van der Waals surface area contributed by atoms with E-state index in [2.05, 4.69) is 15.9 Å². The number of carbonyl (C=O) groups is 2. The van der Waals surface area contributed by atoms with E-state index in [1.807, 2.05) is 91.0 Å². The van der Waals surface area contributed by atoms with Crippen LogP contribution < -0.4 is 28.3 Å². The summed E-state index contributed by atoms with van der Waals surface area (Å²) in [6.07, 6.45) is 0. The lowest BCUT2D eigenvalue weighted by Gasteiger charge is -2.37. The van der Waals surface area contributed by atoms with E-state index in [1.165, 1.54) is 6.92 Å². The third kappa shape index (κ3) is 3.97. The summed E-state index contributed by atoms with van der Waals surface area (Å²) < 4.78 is 3.92. The molecule has 6 heteroatoms. The van der Waals surface area contributed by atoms with Gasteiger partial charge in [-0.05, 0) is 59.3 Å². The molecule has 1 atom stereocenters. The summed E-state index contributed by atoms with van der Waals surface area (Å²) in [4.78, 5) is 26.6. The fraction of sp³-hybridized carbons (Fsp3) is 0.167. The van der Waals surface area contributed by atoms with Crippen molar-refractivity contribution in [3.8, 4) is 0 Å². The van der Waals surface area contributed by atoms with Crippen molar-refractivity contribution in [2.45, 2.75) is 17.9 Å². The first-order valence-corrected chi connectivity index (χ1v) is 12.0. The Bertz CT molecular complexity index is 886. The lowest BCUT2D eigenvalue weighted by molar-refractivity contribution is -0.145. The molecule has 1 unspecified atom stereocenters. The highest BCUT2D eigenvalue weighted by molar-refractivity contribution is 9.12. The van der Waals surface area contributed by atoms with Crippen LogP contribution in [0.15, 0.2) is 91.0 Å². The average Bonchev–Trinajstić information content (AvgIpc) is 2.76. The zero-order valence-corrected chi connectivity index (χ0v) is 20.0. The molecular weight excluding hydrogens is 483 g/mol. The van der Waals surface area contributed by atoms with Crippen molar-refractivity contribution in [3.63, 3.8) is 0 Å². The minimum atomic E-state index is -2.82. The summed E-state index contributed by atoms with van der Waals surface area (Å²) >= 11 is 3.68. The molecule has 3 rings (SSSR count). The van der Waals surface area contributed by atoms with Gasteiger partial charge in [-0.2, -0.15) is 0 Å². The zero-order chi connectivity index (χ0) is 20.9. The molecule has 0 N–H and O–H groups in total. The number of halogens is 2. The van der Waals surface area contributed by atoms with Crippen molar-refractivity contribution in [2.75, 3.05) is 6.61 Å². The molecule has 0 amide bonds. The minimum Gasteiger partial charge on any atom is -1.00 e. The molecule has 0 radical (unpaired) electrons. The highest BCUT2D eigenvalue weighted by Gasteiger charge is 2.70. The largest absolute Gasteiger partial charge is 1.00 e. The zero-order valence-electron chi connectivity index (χ0n) is 16.8. The predicted octanol–water partition coefficient (Wildman–Crippen LogP) is 1.23. The molecule has 0 heterocycles. The molecule has 3 nitrogen and oxygen atoms in total. The molecular formula is C24H23BrClO3P. The first kappa shape index (κ1) is 24.3. The highest BCUT2D eigenvalue weighted by Crippen LogP contribution is 2.69. The second kappa shape index (κ2) is 10.3. The van der Waals surface area contributed by atoms with Crippen molar-refractivity contribution in [1.29, 1.82) is 0 Å². The third-order valence-electron chi connectivity index (χ3n) is 4.91. The predicted molar refractivity (Wildman–Crippen MR) is 124 cm³/mol. The molecule has 3 aromatic carbocycles. The van der Waals surface area contributed by atoms with Crippen molar-refractivity contribution in [3.05, 3.63) is 91.0 Å². The lowest BCUT2D eigenvalue weighted by atomic mass is 10.3. The number of hydrogen-bond donors (Lipinski definition) is 0. The first-order valence-electron chi connectivity index (χ1n) is 9.42. The Kier molecular flexibility index (Phi) is 8.37. The average molecular weight is 506 g/mol. The van der Waals surface area contributed by atoms with E-state index >= 15 is 0 Å². The van der Waals surface area contributed by atoms with Gasteiger partial charge in [-0.3, -0.25) is 4.79 Å². The Morgan fingerprint density at radius 2 is 1.13 bits per heavy atom. The Morgan fingerprint density at radius 1 is 0.800 bits per heavy atom. The van der Waals surface area contributed by atoms with Gasteiger partial charge in [-0.25, -0.2) is 4.79 Å². The van der Waals surface area contributed by atoms with E-state index in [0.717, 1.165) is 15.9 Å². The molecule has 0 fully saturated rings.